The summed E-state index contributed by atoms with van der Waals surface area (Å²) in [6.07, 6.45) is 0. The van der Waals surface area contributed by atoms with Crippen molar-refractivity contribution >= 4 is 5.69 Å². The van der Waals surface area contributed by atoms with Crippen molar-refractivity contribution in [2.24, 2.45) is 0 Å². The van der Waals surface area contributed by atoms with E-state index in [2.05, 4.69) is 16.0 Å². The number of nitrogens with zero attached hydrogens (tertiary/aromatic N) is 1. The third-order valence-corrected chi connectivity index (χ3v) is 2.67. The van der Waals surface area contributed by atoms with Gasteiger partial charge in [0.15, 0.2) is 5.75 Å². The van der Waals surface area contributed by atoms with E-state index in [0.717, 1.165) is 34.2 Å². The second-order valence-electron chi connectivity index (χ2n) is 3.99. The lowest BCUT2D eigenvalue weighted by Crippen LogP contribution is -2.24. The maximum Gasteiger partial charge on any atom is 0.182 e. The van der Waals surface area contributed by atoms with E-state index in [4.69, 9.17) is 4.84 Å². The predicted octanol–water partition coefficient (Wildman–Crippen LogP) is 2.37. The number of rotatable bonds is 0. The number of fused-ring (bicyclic) bond motifs is 3. The van der Waals surface area contributed by atoms with Gasteiger partial charge in [0.1, 0.15) is 11.4 Å². The van der Waals surface area contributed by atoms with Crippen molar-refractivity contribution in [2.75, 3.05) is 12.1 Å². The summed E-state index contributed by atoms with van der Waals surface area (Å²) in [6.45, 7) is 4.07. The molecule has 0 saturated heterocycles. The molecule has 2 aromatic rings. The van der Waals surface area contributed by atoms with E-state index < -0.39 is 0 Å². The Morgan fingerprint density at radius 3 is 2.53 bits per heavy atom. The molecule has 0 bridgehead atoms. The van der Waals surface area contributed by atoms with Gasteiger partial charge in [0.05, 0.1) is 5.69 Å². The summed E-state index contributed by atoms with van der Waals surface area (Å²) in [7, 11) is 1.91. The van der Waals surface area contributed by atoms with Crippen molar-refractivity contribution in [1.29, 1.82) is 0 Å². The third kappa shape index (κ3) is 1.08. The fourth-order valence-electron chi connectivity index (χ4n) is 2.03. The van der Waals surface area contributed by atoms with Gasteiger partial charge in [-0.05, 0) is 19.9 Å². The Bertz CT molecular complexity index is 524. The lowest BCUT2D eigenvalue weighted by atomic mass is 10.2. The molecule has 0 fully saturated rings. The lowest BCUT2D eigenvalue weighted by molar-refractivity contribution is 0.301. The maximum absolute atomic E-state index is 5.67. The normalized spacial score (nSPS) is 13.4. The number of anilines is 1. The zero-order chi connectivity index (χ0) is 10.6. The lowest BCUT2D eigenvalue weighted by Gasteiger charge is -2.24. The van der Waals surface area contributed by atoms with E-state index in [1.165, 1.54) is 0 Å². The zero-order valence-corrected chi connectivity index (χ0v) is 9.01. The van der Waals surface area contributed by atoms with Gasteiger partial charge in [-0.1, -0.05) is 0 Å². The first-order valence-corrected chi connectivity index (χ1v) is 4.96. The van der Waals surface area contributed by atoms with Crippen LogP contribution < -0.4 is 9.90 Å². The number of hydroxylamine groups is 1. The maximum atomic E-state index is 5.67. The van der Waals surface area contributed by atoms with Crippen molar-refractivity contribution in [3.63, 3.8) is 0 Å². The quantitative estimate of drug-likeness (QED) is 0.690. The average Bonchev–Trinajstić information content (AvgIpc) is 2.68. The first kappa shape index (κ1) is 8.47. The molecule has 3 rings (SSSR count). The standard InChI is InChI=1S/C11H13N3O/c1-6-4-8-10(12-6)11-9(15-14(8)3)5-7(2)13-11/h4-5,12-13H,1-3H3. The highest BCUT2D eigenvalue weighted by Crippen LogP contribution is 2.41. The highest BCUT2D eigenvalue weighted by Gasteiger charge is 2.25. The van der Waals surface area contributed by atoms with Gasteiger partial charge < -0.3 is 14.8 Å². The van der Waals surface area contributed by atoms with Crippen LogP contribution in [0.15, 0.2) is 12.1 Å². The van der Waals surface area contributed by atoms with Crippen molar-refractivity contribution in [3.8, 4) is 17.1 Å². The summed E-state index contributed by atoms with van der Waals surface area (Å²) in [5.41, 5.74) is 5.45. The van der Waals surface area contributed by atoms with Crippen LogP contribution in [0.5, 0.6) is 5.75 Å². The monoisotopic (exact) mass is 203 g/mol. The molecule has 1 aliphatic heterocycles. The number of hydrogen-bond donors (Lipinski definition) is 2. The molecule has 1 aliphatic rings. The van der Waals surface area contributed by atoms with Crippen molar-refractivity contribution in [2.45, 2.75) is 13.8 Å². The predicted molar refractivity (Wildman–Crippen MR) is 59.1 cm³/mol. The van der Waals surface area contributed by atoms with Gasteiger partial charge >= 0.3 is 0 Å². The van der Waals surface area contributed by atoms with Crippen LogP contribution in [0.2, 0.25) is 0 Å². The Hall–Kier alpha value is -1.84. The van der Waals surface area contributed by atoms with Gasteiger partial charge in [-0.3, -0.25) is 0 Å². The highest BCUT2D eigenvalue weighted by atomic mass is 16.7. The van der Waals surface area contributed by atoms with E-state index in [-0.39, 0.29) is 0 Å². The van der Waals surface area contributed by atoms with E-state index in [1.54, 1.807) is 5.06 Å². The van der Waals surface area contributed by atoms with Gasteiger partial charge in [0, 0.05) is 24.5 Å². The van der Waals surface area contributed by atoms with Crippen LogP contribution in [0.4, 0.5) is 5.69 Å². The summed E-state index contributed by atoms with van der Waals surface area (Å²) in [4.78, 5) is 12.3. The van der Waals surface area contributed by atoms with Crippen LogP contribution in [0.25, 0.3) is 11.4 Å². The molecular formula is C11H13N3O. The van der Waals surface area contributed by atoms with Gasteiger partial charge in [-0.2, -0.15) is 0 Å². The first-order chi connectivity index (χ1) is 7.15. The number of H-pyrrole nitrogens is 2. The molecule has 0 spiro atoms. The van der Waals surface area contributed by atoms with E-state index in [9.17, 15) is 0 Å². The molecule has 0 aliphatic carbocycles. The molecule has 15 heavy (non-hydrogen) atoms. The minimum absolute atomic E-state index is 0.879. The summed E-state index contributed by atoms with van der Waals surface area (Å²) in [5.74, 6) is 0.879. The number of aromatic nitrogens is 2. The van der Waals surface area contributed by atoms with Gasteiger partial charge in [0.2, 0.25) is 0 Å². The first-order valence-electron chi connectivity index (χ1n) is 4.96. The van der Waals surface area contributed by atoms with Crippen molar-refractivity contribution in [3.05, 3.63) is 23.5 Å². The molecule has 3 heterocycles. The van der Waals surface area contributed by atoms with Crippen LogP contribution in [0.3, 0.4) is 0 Å². The van der Waals surface area contributed by atoms with Gasteiger partial charge in [-0.15, -0.1) is 0 Å². The molecule has 4 nitrogen and oxygen atoms in total. The summed E-state index contributed by atoms with van der Waals surface area (Å²) in [6, 6.07) is 4.08. The second-order valence-corrected chi connectivity index (χ2v) is 3.99. The zero-order valence-electron chi connectivity index (χ0n) is 9.01. The van der Waals surface area contributed by atoms with E-state index in [1.807, 2.05) is 27.0 Å². The smallest absolute Gasteiger partial charge is 0.182 e. The van der Waals surface area contributed by atoms with Crippen LogP contribution in [-0.4, -0.2) is 17.0 Å². The number of hydrogen-bond acceptors (Lipinski definition) is 2. The van der Waals surface area contributed by atoms with Crippen LogP contribution >= 0.6 is 0 Å². The van der Waals surface area contributed by atoms with E-state index in [0.29, 0.717) is 0 Å². The second kappa shape index (κ2) is 2.59. The Kier molecular flexibility index (Phi) is 1.46. The highest BCUT2D eigenvalue weighted by molar-refractivity contribution is 5.80. The minimum atomic E-state index is 0.879. The van der Waals surface area contributed by atoms with Gasteiger partial charge in [-0.25, -0.2) is 5.06 Å². The van der Waals surface area contributed by atoms with Crippen LogP contribution in [0.1, 0.15) is 11.4 Å². The molecular weight excluding hydrogens is 190 g/mol. The van der Waals surface area contributed by atoms with Crippen LogP contribution in [0, 0.1) is 13.8 Å². The van der Waals surface area contributed by atoms with E-state index >= 15 is 0 Å². The minimum Gasteiger partial charge on any atom is -0.377 e. The molecule has 0 unspecified atom stereocenters. The molecule has 78 valence electrons. The fourth-order valence-corrected chi connectivity index (χ4v) is 2.03. The molecule has 0 atom stereocenters. The Morgan fingerprint density at radius 1 is 1.07 bits per heavy atom. The molecule has 2 aromatic heterocycles. The largest absolute Gasteiger partial charge is 0.377 e. The topological polar surface area (TPSA) is 44.0 Å². The average molecular weight is 203 g/mol. The molecule has 0 aromatic carbocycles. The molecule has 4 heteroatoms. The Morgan fingerprint density at radius 2 is 1.73 bits per heavy atom. The third-order valence-electron chi connectivity index (χ3n) is 2.67. The van der Waals surface area contributed by atoms with Crippen molar-refractivity contribution < 1.29 is 4.84 Å². The molecule has 2 N–H and O–H groups in total. The summed E-state index contributed by atoms with van der Waals surface area (Å²) < 4.78 is 0. The molecule has 0 saturated carbocycles. The van der Waals surface area contributed by atoms with Crippen molar-refractivity contribution in [1.82, 2.24) is 9.97 Å². The Labute approximate surface area is 87.8 Å². The molecule has 0 radical (unpaired) electrons. The molecule has 0 amide bonds. The van der Waals surface area contributed by atoms with Gasteiger partial charge in [0.25, 0.3) is 0 Å². The number of aromatic amines is 2. The SMILES string of the molecule is Cc1cc2c([nH]1)-c1[nH]c(C)cc1N(C)O2. The fraction of sp³-hybridized carbons (Fsp3) is 0.273. The summed E-state index contributed by atoms with van der Waals surface area (Å²) in [5, 5.41) is 1.79. The number of nitrogens with one attached hydrogen (secondary N) is 2. The van der Waals surface area contributed by atoms with Crippen LogP contribution in [-0.2, 0) is 0 Å². The Balaban J connectivity index is 2.28. The number of aryl methyl sites for hydroxylation is 2. The summed E-state index contributed by atoms with van der Waals surface area (Å²) >= 11 is 0.